The van der Waals surface area contributed by atoms with Gasteiger partial charge in [0.15, 0.2) is 5.82 Å². The molecule has 0 saturated carbocycles. The van der Waals surface area contributed by atoms with Crippen LogP contribution in [-0.2, 0) is 0 Å². The standard InChI is InChI=1S/C7H12N4/c1-6-4-7(9-8-5-6)10-11(2)3/h4-5H,1-3H3,(H,9,10). The number of rotatable bonds is 2. The third-order valence-electron chi connectivity index (χ3n) is 1.13. The van der Waals surface area contributed by atoms with Gasteiger partial charge in [-0.1, -0.05) is 0 Å². The Morgan fingerprint density at radius 3 is 2.73 bits per heavy atom. The number of nitrogens with one attached hydrogen (secondary N) is 1. The molecule has 0 aromatic carbocycles. The molecule has 4 nitrogen and oxygen atoms in total. The van der Waals surface area contributed by atoms with Crippen molar-refractivity contribution in [3.8, 4) is 0 Å². The molecule has 0 aliphatic heterocycles. The minimum Gasteiger partial charge on any atom is -0.302 e. The van der Waals surface area contributed by atoms with Crippen LogP contribution in [0.15, 0.2) is 12.3 Å². The molecule has 0 spiro atoms. The van der Waals surface area contributed by atoms with Gasteiger partial charge in [0.05, 0.1) is 6.20 Å². The Bertz CT molecular complexity index is 234. The zero-order valence-corrected chi connectivity index (χ0v) is 7.00. The van der Waals surface area contributed by atoms with E-state index in [9.17, 15) is 0 Å². The molecule has 1 N–H and O–H groups in total. The molecule has 0 atom stereocenters. The van der Waals surface area contributed by atoms with Crippen LogP contribution in [0.25, 0.3) is 0 Å². The number of hydrogen-bond acceptors (Lipinski definition) is 4. The van der Waals surface area contributed by atoms with E-state index >= 15 is 0 Å². The predicted molar refractivity (Wildman–Crippen MR) is 44.1 cm³/mol. The highest BCUT2D eigenvalue weighted by Gasteiger charge is 1.93. The molecule has 0 aliphatic carbocycles. The van der Waals surface area contributed by atoms with Gasteiger partial charge in [-0.25, -0.2) is 5.01 Å². The van der Waals surface area contributed by atoms with Crippen LogP contribution in [-0.4, -0.2) is 29.3 Å². The van der Waals surface area contributed by atoms with Crippen molar-refractivity contribution in [2.75, 3.05) is 19.5 Å². The van der Waals surface area contributed by atoms with Crippen LogP contribution in [0.3, 0.4) is 0 Å². The second-order valence-corrected chi connectivity index (χ2v) is 2.62. The zero-order chi connectivity index (χ0) is 8.27. The minimum absolute atomic E-state index is 0.773. The fraction of sp³-hybridized carbons (Fsp3) is 0.429. The van der Waals surface area contributed by atoms with E-state index in [4.69, 9.17) is 0 Å². The van der Waals surface area contributed by atoms with E-state index in [0.717, 1.165) is 11.4 Å². The Kier molecular flexibility index (Phi) is 2.38. The van der Waals surface area contributed by atoms with Gasteiger partial charge in [-0.05, 0) is 18.6 Å². The molecule has 0 bridgehead atoms. The molecule has 4 heteroatoms. The van der Waals surface area contributed by atoms with Crippen LogP contribution in [0.5, 0.6) is 0 Å². The lowest BCUT2D eigenvalue weighted by atomic mass is 10.3. The van der Waals surface area contributed by atoms with Gasteiger partial charge in [0.1, 0.15) is 0 Å². The topological polar surface area (TPSA) is 41.1 Å². The van der Waals surface area contributed by atoms with Crippen LogP contribution in [0.2, 0.25) is 0 Å². The van der Waals surface area contributed by atoms with E-state index in [1.807, 2.05) is 32.1 Å². The lowest BCUT2D eigenvalue weighted by molar-refractivity contribution is 0.491. The maximum atomic E-state index is 3.88. The molecular formula is C7H12N4. The van der Waals surface area contributed by atoms with Gasteiger partial charge in [-0.15, -0.1) is 5.10 Å². The number of nitrogens with zero attached hydrogens (tertiary/aromatic N) is 3. The van der Waals surface area contributed by atoms with Crippen LogP contribution in [0, 0.1) is 6.92 Å². The number of hydrazine groups is 1. The minimum atomic E-state index is 0.773. The normalized spacial score (nSPS) is 10.2. The largest absolute Gasteiger partial charge is 0.302 e. The van der Waals surface area contributed by atoms with E-state index < -0.39 is 0 Å². The first-order valence-electron chi connectivity index (χ1n) is 3.42. The molecule has 0 fully saturated rings. The Hall–Kier alpha value is -1.16. The summed E-state index contributed by atoms with van der Waals surface area (Å²) in [5, 5.41) is 9.50. The third kappa shape index (κ3) is 2.51. The summed E-state index contributed by atoms with van der Waals surface area (Å²) in [6.07, 6.45) is 1.72. The first-order valence-corrected chi connectivity index (χ1v) is 3.42. The summed E-state index contributed by atoms with van der Waals surface area (Å²) >= 11 is 0. The average molecular weight is 152 g/mol. The van der Waals surface area contributed by atoms with E-state index in [1.165, 1.54) is 0 Å². The molecule has 0 unspecified atom stereocenters. The zero-order valence-electron chi connectivity index (χ0n) is 7.00. The lowest BCUT2D eigenvalue weighted by Gasteiger charge is -2.11. The molecule has 11 heavy (non-hydrogen) atoms. The molecule has 0 radical (unpaired) electrons. The van der Waals surface area contributed by atoms with Crippen LogP contribution in [0.4, 0.5) is 5.82 Å². The van der Waals surface area contributed by atoms with Crippen LogP contribution < -0.4 is 5.43 Å². The van der Waals surface area contributed by atoms with Crippen LogP contribution in [0.1, 0.15) is 5.56 Å². The highest BCUT2D eigenvalue weighted by Crippen LogP contribution is 2.02. The quantitative estimate of drug-likeness (QED) is 0.632. The summed E-state index contributed by atoms with van der Waals surface area (Å²) < 4.78 is 0. The maximum Gasteiger partial charge on any atom is 0.163 e. The summed E-state index contributed by atoms with van der Waals surface area (Å²) in [6.45, 7) is 1.98. The Labute approximate surface area is 66.2 Å². The molecular weight excluding hydrogens is 140 g/mol. The van der Waals surface area contributed by atoms with Crippen molar-refractivity contribution in [1.82, 2.24) is 15.2 Å². The number of aryl methyl sites for hydroxylation is 1. The van der Waals surface area contributed by atoms with Gasteiger partial charge in [0.2, 0.25) is 0 Å². The highest BCUT2D eigenvalue weighted by molar-refractivity contribution is 5.33. The van der Waals surface area contributed by atoms with Gasteiger partial charge in [-0.3, -0.25) is 0 Å². The van der Waals surface area contributed by atoms with Crippen molar-refractivity contribution < 1.29 is 0 Å². The summed E-state index contributed by atoms with van der Waals surface area (Å²) in [4.78, 5) is 0. The van der Waals surface area contributed by atoms with Gasteiger partial charge in [0.25, 0.3) is 0 Å². The SMILES string of the molecule is Cc1cnnc(NN(C)C)c1. The first-order chi connectivity index (χ1) is 5.18. The van der Waals surface area contributed by atoms with Gasteiger partial charge >= 0.3 is 0 Å². The molecule has 1 aromatic rings. The van der Waals surface area contributed by atoms with E-state index in [2.05, 4.69) is 15.6 Å². The molecule has 0 amide bonds. The van der Waals surface area contributed by atoms with Crippen molar-refractivity contribution in [2.24, 2.45) is 0 Å². The van der Waals surface area contributed by atoms with Crippen molar-refractivity contribution >= 4 is 5.82 Å². The lowest BCUT2D eigenvalue weighted by Crippen LogP contribution is -2.20. The molecule has 60 valence electrons. The second kappa shape index (κ2) is 3.30. The summed E-state index contributed by atoms with van der Waals surface area (Å²) in [5.41, 5.74) is 4.11. The molecule has 1 aromatic heterocycles. The summed E-state index contributed by atoms with van der Waals surface area (Å²) in [6, 6.07) is 1.94. The molecule has 1 heterocycles. The average Bonchev–Trinajstić information content (AvgIpc) is 1.85. The fourth-order valence-electron chi connectivity index (χ4n) is 0.748. The van der Waals surface area contributed by atoms with E-state index in [-0.39, 0.29) is 0 Å². The number of aromatic nitrogens is 2. The van der Waals surface area contributed by atoms with Crippen LogP contribution >= 0.6 is 0 Å². The first kappa shape index (κ1) is 7.94. The van der Waals surface area contributed by atoms with E-state index in [1.54, 1.807) is 6.20 Å². The number of hydrogen-bond donors (Lipinski definition) is 1. The van der Waals surface area contributed by atoms with Gasteiger partial charge < -0.3 is 5.43 Å². The Morgan fingerprint density at radius 2 is 2.18 bits per heavy atom. The van der Waals surface area contributed by atoms with Gasteiger partial charge in [0, 0.05) is 14.1 Å². The highest BCUT2D eigenvalue weighted by atomic mass is 15.5. The molecule has 0 aliphatic rings. The summed E-state index contributed by atoms with van der Waals surface area (Å²) in [5.74, 6) is 0.773. The summed E-state index contributed by atoms with van der Waals surface area (Å²) in [7, 11) is 3.81. The molecule has 0 saturated heterocycles. The van der Waals surface area contributed by atoms with Crippen molar-refractivity contribution in [2.45, 2.75) is 6.92 Å². The molecule has 1 rings (SSSR count). The van der Waals surface area contributed by atoms with Crippen molar-refractivity contribution in [3.05, 3.63) is 17.8 Å². The van der Waals surface area contributed by atoms with Gasteiger partial charge in [-0.2, -0.15) is 5.10 Å². The smallest absolute Gasteiger partial charge is 0.163 e. The Balaban J connectivity index is 2.71. The monoisotopic (exact) mass is 152 g/mol. The van der Waals surface area contributed by atoms with Crippen molar-refractivity contribution in [3.63, 3.8) is 0 Å². The predicted octanol–water partition coefficient (Wildman–Crippen LogP) is 0.674. The fourth-order valence-corrected chi connectivity index (χ4v) is 0.748. The maximum absolute atomic E-state index is 3.88. The second-order valence-electron chi connectivity index (χ2n) is 2.62. The third-order valence-corrected chi connectivity index (χ3v) is 1.13. The van der Waals surface area contributed by atoms with Crippen molar-refractivity contribution in [1.29, 1.82) is 0 Å². The van der Waals surface area contributed by atoms with E-state index in [0.29, 0.717) is 0 Å². The number of anilines is 1. The Morgan fingerprint density at radius 1 is 1.45 bits per heavy atom.